The largest absolute Gasteiger partial charge is 0.480 e. The highest BCUT2D eigenvalue weighted by atomic mass is 19.4. The molecule has 1 aliphatic carbocycles. The van der Waals surface area contributed by atoms with Crippen LogP contribution in [-0.2, 0) is 27.1 Å². The lowest BCUT2D eigenvalue weighted by Crippen LogP contribution is -2.47. The van der Waals surface area contributed by atoms with Crippen LogP contribution in [0, 0.1) is 18.8 Å². The molecule has 1 aromatic carbocycles. The molecule has 0 spiro atoms. The molecule has 34 heavy (non-hydrogen) atoms. The van der Waals surface area contributed by atoms with Gasteiger partial charge in [0.05, 0.1) is 12.7 Å². The highest BCUT2D eigenvalue weighted by molar-refractivity contribution is 5.85. The fourth-order valence-corrected chi connectivity index (χ4v) is 4.01. The summed E-state index contributed by atoms with van der Waals surface area (Å²) in [6.07, 6.45) is -3.10. The van der Waals surface area contributed by atoms with Crippen LogP contribution in [0.2, 0.25) is 0 Å². The molecule has 0 saturated heterocycles. The zero-order valence-electron chi connectivity index (χ0n) is 19.3. The highest BCUT2D eigenvalue weighted by Gasteiger charge is 2.40. The number of nitrogens with one attached hydrogen (secondary N) is 1. The van der Waals surface area contributed by atoms with Crippen molar-refractivity contribution in [3.63, 3.8) is 0 Å². The number of halogens is 3. The second kappa shape index (κ2) is 10.6. The molecule has 0 radical (unpaired) electrons. The maximum absolute atomic E-state index is 13.5. The number of aryl methyl sites for hydroxylation is 1. The summed E-state index contributed by atoms with van der Waals surface area (Å²) in [6.45, 7) is 4.86. The number of aliphatic carboxylic acids is 1. The lowest BCUT2D eigenvalue weighted by molar-refractivity contribution is -0.154. The van der Waals surface area contributed by atoms with Crippen molar-refractivity contribution in [1.82, 2.24) is 10.3 Å². The summed E-state index contributed by atoms with van der Waals surface area (Å²) in [5.41, 5.74) is 1.03. The van der Waals surface area contributed by atoms with Gasteiger partial charge in [-0.25, -0.2) is 9.78 Å². The first-order valence-electron chi connectivity index (χ1n) is 11.2. The molecule has 1 heterocycles. The molecule has 3 rings (SSSR count). The van der Waals surface area contributed by atoms with Crippen molar-refractivity contribution in [2.75, 3.05) is 0 Å². The van der Waals surface area contributed by atoms with E-state index in [4.69, 9.17) is 9.15 Å². The van der Waals surface area contributed by atoms with Crippen molar-refractivity contribution >= 4 is 11.9 Å². The van der Waals surface area contributed by atoms with Crippen molar-refractivity contribution in [2.24, 2.45) is 11.8 Å². The molecular formula is C24H29F3N2O5. The van der Waals surface area contributed by atoms with Crippen molar-refractivity contribution in [3.05, 3.63) is 41.3 Å². The minimum absolute atomic E-state index is 0.139. The number of carboxylic acid groups (broad SMARTS) is 1. The Bertz CT molecular complexity index is 1000. The minimum atomic E-state index is -4.73. The summed E-state index contributed by atoms with van der Waals surface area (Å²) in [7, 11) is 0. The predicted octanol–water partition coefficient (Wildman–Crippen LogP) is 4.97. The van der Waals surface area contributed by atoms with Gasteiger partial charge < -0.3 is 19.6 Å². The summed E-state index contributed by atoms with van der Waals surface area (Å²) in [5.74, 6) is -3.58. The van der Waals surface area contributed by atoms with E-state index in [1.54, 1.807) is 38.1 Å². The van der Waals surface area contributed by atoms with E-state index < -0.39 is 42.6 Å². The molecular weight excluding hydrogens is 453 g/mol. The molecule has 10 heteroatoms. The van der Waals surface area contributed by atoms with Crippen LogP contribution in [0.4, 0.5) is 13.2 Å². The molecule has 1 saturated carbocycles. The number of alkyl halides is 3. The first-order valence-corrected chi connectivity index (χ1v) is 11.2. The van der Waals surface area contributed by atoms with Crippen LogP contribution in [0.1, 0.15) is 56.5 Å². The van der Waals surface area contributed by atoms with Gasteiger partial charge in [-0.05, 0) is 44.2 Å². The van der Waals surface area contributed by atoms with E-state index in [1.165, 1.54) is 0 Å². The second-order valence-electron chi connectivity index (χ2n) is 9.02. The van der Waals surface area contributed by atoms with Gasteiger partial charge in [0.25, 0.3) is 0 Å². The second-order valence-corrected chi connectivity index (χ2v) is 9.02. The number of amides is 1. The van der Waals surface area contributed by atoms with E-state index >= 15 is 0 Å². The van der Waals surface area contributed by atoms with Gasteiger partial charge in [-0.2, -0.15) is 13.2 Å². The number of ether oxygens (including phenoxy) is 1. The number of carbonyl (C=O) groups is 2. The number of carbonyl (C=O) groups excluding carboxylic acids is 1. The minimum Gasteiger partial charge on any atom is -0.480 e. The maximum atomic E-state index is 13.5. The van der Waals surface area contributed by atoms with E-state index in [-0.39, 0.29) is 23.4 Å². The molecule has 1 aliphatic rings. The highest BCUT2D eigenvalue weighted by Crippen LogP contribution is 2.36. The van der Waals surface area contributed by atoms with Crippen LogP contribution in [0.25, 0.3) is 11.5 Å². The number of nitrogens with zero attached hydrogens (tertiary/aromatic N) is 1. The predicted molar refractivity (Wildman–Crippen MR) is 117 cm³/mol. The van der Waals surface area contributed by atoms with Crippen LogP contribution in [0.3, 0.4) is 0 Å². The van der Waals surface area contributed by atoms with Gasteiger partial charge in [0.15, 0.2) is 0 Å². The average Bonchev–Trinajstić information content (AvgIpc) is 3.21. The zero-order valence-corrected chi connectivity index (χ0v) is 19.3. The topological polar surface area (TPSA) is 102 Å². The number of hydrogen-bond acceptors (Lipinski definition) is 5. The summed E-state index contributed by atoms with van der Waals surface area (Å²) < 4.78 is 51.4. The van der Waals surface area contributed by atoms with Crippen LogP contribution in [0.15, 0.2) is 28.7 Å². The van der Waals surface area contributed by atoms with Gasteiger partial charge in [0, 0.05) is 11.5 Å². The Balaban J connectivity index is 1.68. The van der Waals surface area contributed by atoms with Crippen molar-refractivity contribution in [2.45, 2.75) is 71.4 Å². The molecule has 1 amide bonds. The lowest BCUT2D eigenvalue weighted by Gasteiger charge is -2.29. The Morgan fingerprint density at radius 1 is 1.24 bits per heavy atom. The number of hydrogen-bond donors (Lipinski definition) is 2. The molecule has 0 bridgehead atoms. The number of aromatic nitrogens is 1. The SMILES string of the molecule is Cc1ccc(-c2nc(CO[C@H]3CCC[C@@H](C(=O)NC(C(=O)O)C(C)C)C3)c(C(F)(F)F)o2)cc1. The van der Waals surface area contributed by atoms with Crippen LogP contribution < -0.4 is 5.32 Å². The van der Waals surface area contributed by atoms with Crippen LogP contribution >= 0.6 is 0 Å². The zero-order chi connectivity index (χ0) is 25.0. The van der Waals surface area contributed by atoms with Crippen molar-refractivity contribution < 1.29 is 37.0 Å². The van der Waals surface area contributed by atoms with E-state index in [0.29, 0.717) is 31.2 Å². The van der Waals surface area contributed by atoms with Crippen molar-refractivity contribution in [3.8, 4) is 11.5 Å². The van der Waals surface area contributed by atoms with Crippen LogP contribution in [-0.4, -0.2) is 34.1 Å². The Morgan fingerprint density at radius 3 is 2.50 bits per heavy atom. The summed E-state index contributed by atoms with van der Waals surface area (Å²) >= 11 is 0. The van der Waals surface area contributed by atoms with E-state index in [1.807, 2.05) is 6.92 Å². The monoisotopic (exact) mass is 482 g/mol. The average molecular weight is 482 g/mol. The lowest BCUT2D eigenvalue weighted by atomic mass is 9.86. The quantitative estimate of drug-likeness (QED) is 0.551. The summed E-state index contributed by atoms with van der Waals surface area (Å²) in [6, 6.07) is 5.78. The van der Waals surface area contributed by atoms with Gasteiger partial charge in [-0.15, -0.1) is 0 Å². The molecule has 1 unspecified atom stereocenters. The number of carboxylic acids is 1. The molecule has 1 aromatic heterocycles. The third-order valence-corrected chi connectivity index (χ3v) is 5.94. The van der Waals surface area contributed by atoms with Gasteiger partial charge in [0.1, 0.15) is 11.7 Å². The molecule has 3 atom stereocenters. The third kappa shape index (κ3) is 6.37. The smallest absolute Gasteiger partial charge is 0.451 e. The Labute approximate surface area is 195 Å². The number of oxazole rings is 1. The number of benzene rings is 1. The van der Waals surface area contributed by atoms with Crippen molar-refractivity contribution in [1.29, 1.82) is 0 Å². The molecule has 186 valence electrons. The Kier molecular flexibility index (Phi) is 8.01. The Hall–Kier alpha value is -2.88. The molecule has 0 aliphatic heterocycles. The maximum Gasteiger partial charge on any atom is 0.451 e. The van der Waals surface area contributed by atoms with E-state index in [2.05, 4.69) is 10.3 Å². The molecule has 1 fully saturated rings. The molecule has 7 nitrogen and oxygen atoms in total. The number of rotatable bonds is 8. The fraction of sp³-hybridized carbons (Fsp3) is 0.542. The standard InChI is InChI=1S/C24H29F3N2O5/c1-13(2)19(23(31)32)29-21(30)16-5-4-6-17(11-16)33-12-18-20(24(25,26)27)34-22(28-18)15-9-7-14(3)8-10-15/h7-10,13,16-17,19H,4-6,11-12H2,1-3H3,(H,29,30)(H,31,32)/t16-,17+,19?/m1/s1. The Morgan fingerprint density at radius 2 is 1.91 bits per heavy atom. The molecule has 2 aromatic rings. The first kappa shape index (κ1) is 25.7. The first-order chi connectivity index (χ1) is 16.0. The van der Waals surface area contributed by atoms with Gasteiger partial charge >= 0.3 is 12.1 Å². The third-order valence-electron chi connectivity index (χ3n) is 5.94. The van der Waals surface area contributed by atoms with E-state index in [0.717, 1.165) is 5.56 Å². The van der Waals surface area contributed by atoms with Crippen LogP contribution in [0.5, 0.6) is 0 Å². The van der Waals surface area contributed by atoms with E-state index in [9.17, 15) is 27.9 Å². The van der Waals surface area contributed by atoms with Gasteiger partial charge in [-0.1, -0.05) is 38.0 Å². The van der Waals surface area contributed by atoms with Gasteiger partial charge in [0.2, 0.25) is 17.6 Å². The van der Waals surface area contributed by atoms with Gasteiger partial charge in [-0.3, -0.25) is 4.79 Å². The summed E-state index contributed by atoms with van der Waals surface area (Å²) in [5, 5.41) is 11.9. The fourth-order valence-electron chi connectivity index (χ4n) is 4.01. The summed E-state index contributed by atoms with van der Waals surface area (Å²) in [4.78, 5) is 28.0. The normalized spacial score (nSPS) is 19.7. The molecule has 2 N–H and O–H groups in total.